The highest BCUT2D eigenvalue weighted by Gasteiger charge is 2.15. The summed E-state index contributed by atoms with van der Waals surface area (Å²) >= 11 is 3.06. The topological polar surface area (TPSA) is 126 Å². The summed E-state index contributed by atoms with van der Waals surface area (Å²) in [6.07, 6.45) is 2.58. The van der Waals surface area contributed by atoms with Crippen molar-refractivity contribution in [1.29, 1.82) is 0 Å². The van der Waals surface area contributed by atoms with E-state index in [-0.39, 0.29) is 11.8 Å². The summed E-state index contributed by atoms with van der Waals surface area (Å²) in [6.45, 7) is 4.61. The van der Waals surface area contributed by atoms with E-state index in [9.17, 15) is 13.2 Å². The normalized spacial score (nSPS) is 11.5. The maximum Gasteiger partial charge on any atom is 0.251 e. The number of pyridine rings is 1. The zero-order valence-corrected chi connectivity index (χ0v) is 25.0. The third-order valence-corrected chi connectivity index (χ3v) is 8.56. The van der Waals surface area contributed by atoms with Gasteiger partial charge in [-0.15, -0.1) is 11.3 Å². The van der Waals surface area contributed by atoms with Crippen LogP contribution in [-0.2, 0) is 16.6 Å². The summed E-state index contributed by atoms with van der Waals surface area (Å²) in [5.41, 5.74) is 3.19. The van der Waals surface area contributed by atoms with Crippen LogP contribution >= 0.6 is 23.1 Å². The van der Waals surface area contributed by atoms with E-state index in [1.807, 2.05) is 47.8 Å². The van der Waals surface area contributed by atoms with Crippen molar-refractivity contribution in [2.24, 2.45) is 0 Å². The molecule has 0 radical (unpaired) electrons. The second kappa shape index (κ2) is 12.2. The third kappa shape index (κ3) is 7.40. The quantitative estimate of drug-likeness (QED) is 0.167. The Labute approximate surface area is 246 Å². The second-order valence-electron chi connectivity index (χ2n) is 9.58. The SMILES string of the molecule is CC(C)c1ccc2c(Nc3cc(C(=O)NCc4cccs4)ccc3Sc3ccc(NS(C)(=O)=O)cc3)ncnc2n1. The van der Waals surface area contributed by atoms with Gasteiger partial charge in [-0.1, -0.05) is 31.7 Å². The van der Waals surface area contributed by atoms with Crippen molar-refractivity contribution in [3.63, 3.8) is 0 Å². The van der Waals surface area contributed by atoms with Crippen molar-refractivity contribution >= 4 is 67.3 Å². The number of thiophene rings is 1. The maximum absolute atomic E-state index is 13.0. The molecule has 12 heteroatoms. The summed E-state index contributed by atoms with van der Waals surface area (Å²) in [5, 5.41) is 9.13. The Kier molecular flexibility index (Phi) is 8.52. The van der Waals surface area contributed by atoms with E-state index < -0.39 is 10.0 Å². The molecule has 0 saturated carbocycles. The summed E-state index contributed by atoms with van der Waals surface area (Å²) in [6, 6.07) is 20.4. The Morgan fingerprint density at radius 1 is 1.02 bits per heavy atom. The fourth-order valence-corrected chi connectivity index (χ4v) is 6.07. The van der Waals surface area contributed by atoms with Crippen molar-refractivity contribution in [2.45, 2.75) is 36.1 Å². The Balaban J connectivity index is 1.46. The minimum atomic E-state index is -3.37. The van der Waals surface area contributed by atoms with Crippen LogP contribution in [0.2, 0.25) is 0 Å². The van der Waals surface area contributed by atoms with E-state index in [2.05, 4.69) is 44.2 Å². The van der Waals surface area contributed by atoms with Gasteiger partial charge in [0.15, 0.2) is 5.65 Å². The van der Waals surface area contributed by atoms with Crippen LogP contribution < -0.4 is 15.4 Å². The number of carbonyl (C=O) groups excluding carboxylic acids is 1. The number of nitrogens with one attached hydrogen (secondary N) is 3. The van der Waals surface area contributed by atoms with E-state index in [1.54, 1.807) is 35.6 Å². The molecule has 0 fully saturated rings. The number of nitrogens with zero attached hydrogens (tertiary/aromatic N) is 3. The molecule has 41 heavy (non-hydrogen) atoms. The predicted octanol–water partition coefficient (Wildman–Crippen LogP) is 6.41. The van der Waals surface area contributed by atoms with Crippen LogP contribution in [0, 0.1) is 0 Å². The number of amides is 1. The van der Waals surface area contributed by atoms with Crippen LogP contribution in [0.25, 0.3) is 11.0 Å². The molecule has 0 spiro atoms. The number of carbonyl (C=O) groups is 1. The molecule has 5 aromatic rings. The largest absolute Gasteiger partial charge is 0.347 e. The van der Waals surface area contributed by atoms with Gasteiger partial charge in [-0.05, 0) is 72.0 Å². The molecule has 3 aromatic heterocycles. The molecule has 0 atom stereocenters. The first-order valence-electron chi connectivity index (χ1n) is 12.7. The van der Waals surface area contributed by atoms with Crippen LogP contribution in [0.4, 0.5) is 17.2 Å². The first kappa shape index (κ1) is 28.5. The number of hydrogen-bond acceptors (Lipinski definition) is 9. The van der Waals surface area contributed by atoms with Gasteiger partial charge >= 0.3 is 0 Å². The lowest BCUT2D eigenvalue weighted by Crippen LogP contribution is -2.22. The smallest absolute Gasteiger partial charge is 0.251 e. The second-order valence-corrected chi connectivity index (χ2v) is 13.5. The van der Waals surface area contributed by atoms with E-state index in [0.29, 0.717) is 34.9 Å². The van der Waals surface area contributed by atoms with Gasteiger partial charge in [-0.25, -0.2) is 23.4 Å². The van der Waals surface area contributed by atoms with Gasteiger partial charge in [-0.2, -0.15) is 0 Å². The number of anilines is 3. The average molecular weight is 605 g/mol. The highest BCUT2D eigenvalue weighted by molar-refractivity contribution is 7.99. The molecule has 0 unspecified atom stereocenters. The van der Waals surface area contributed by atoms with Gasteiger partial charge < -0.3 is 10.6 Å². The van der Waals surface area contributed by atoms with Gasteiger partial charge in [0.2, 0.25) is 10.0 Å². The number of fused-ring (bicyclic) bond motifs is 1. The summed E-state index contributed by atoms with van der Waals surface area (Å²) in [5.74, 6) is 0.644. The molecule has 1 amide bonds. The standard InChI is InChI=1S/C29H28N6O3S3/c1-18(2)24-12-11-23-27(33-24)31-17-32-28(23)34-25-15-19(29(36)30-16-22-5-4-14-39-22)6-13-26(25)40-21-9-7-20(8-10-21)35-41(3,37)38/h4-15,17-18,35H,16H2,1-3H3,(H,30,36)(H,31,32,33,34). The molecule has 3 heterocycles. The van der Waals surface area contributed by atoms with E-state index in [0.717, 1.165) is 32.0 Å². The van der Waals surface area contributed by atoms with Crippen molar-refractivity contribution in [3.8, 4) is 0 Å². The fraction of sp³-hybridized carbons (Fsp3) is 0.172. The van der Waals surface area contributed by atoms with Crippen LogP contribution in [0.3, 0.4) is 0 Å². The van der Waals surface area contributed by atoms with Gasteiger partial charge in [0.1, 0.15) is 12.1 Å². The minimum absolute atomic E-state index is 0.190. The Bertz CT molecular complexity index is 1790. The molecule has 9 nitrogen and oxygen atoms in total. The minimum Gasteiger partial charge on any atom is -0.347 e. The molecule has 0 aliphatic carbocycles. The Hall–Kier alpha value is -4.00. The van der Waals surface area contributed by atoms with Gasteiger partial charge in [0.25, 0.3) is 5.91 Å². The van der Waals surface area contributed by atoms with Gasteiger partial charge in [0.05, 0.1) is 23.9 Å². The van der Waals surface area contributed by atoms with Crippen LogP contribution in [0.5, 0.6) is 0 Å². The van der Waals surface area contributed by atoms with E-state index in [4.69, 9.17) is 0 Å². The molecule has 3 N–H and O–H groups in total. The number of benzene rings is 2. The number of aromatic nitrogens is 3. The zero-order chi connectivity index (χ0) is 29.0. The first-order chi connectivity index (χ1) is 19.6. The zero-order valence-electron chi connectivity index (χ0n) is 22.6. The molecule has 0 aliphatic rings. The number of rotatable bonds is 10. The van der Waals surface area contributed by atoms with Gasteiger partial charge in [0, 0.05) is 31.6 Å². The summed E-state index contributed by atoms with van der Waals surface area (Å²) in [7, 11) is -3.37. The molecule has 2 aromatic carbocycles. The Morgan fingerprint density at radius 2 is 1.83 bits per heavy atom. The lowest BCUT2D eigenvalue weighted by Gasteiger charge is -2.15. The van der Waals surface area contributed by atoms with E-state index in [1.165, 1.54) is 18.1 Å². The van der Waals surface area contributed by atoms with Crippen LogP contribution in [0.1, 0.15) is 40.7 Å². The van der Waals surface area contributed by atoms with Crippen molar-refractivity contribution < 1.29 is 13.2 Å². The monoisotopic (exact) mass is 604 g/mol. The predicted molar refractivity (Wildman–Crippen MR) is 166 cm³/mol. The average Bonchev–Trinajstić information content (AvgIpc) is 3.46. The van der Waals surface area contributed by atoms with Crippen LogP contribution in [0.15, 0.2) is 88.2 Å². The molecule has 5 rings (SSSR count). The number of hydrogen-bond donors (Lipinski definition) is 3. The summed E-state index contributed by atoms with van der Waals surface area (Å²) < 4.78 is 25.6. The molecule has 0 saturated heterocycles. The van der Waals surface area contributed by atoms with Gasteiger partial charge in [-0.3, -0.25) is 9.52 Å². The lowest BCUT2D eigenvalue weighted by atomic mass is 10.1. The molecule has 0 bridgehead atoms. The molecule has 0 aliphatic heterocycles. The number of sulfonamides is 1. The molecular weight excluding hydrogens is 577 g/mol. The lowest BCUT2D eigenvalue weighted by molar-refractivity contribution is 0.0951. The van der Waals surface area contributed by atoms with Crippen molar-refractivity contribution in [3.05, 3.63) is 94.6 Å². The first-order valence-corrected chi connectivity index (χ1v) is 16.3. The molecular formula is C29H28N6O3S3. The maximum atomic E-state index is 13.0. The fourth-order valence-electron chi connectivity index (χ4n) is 3.98. The highest BCUT2D eigenvalue weighted by atomic mass is 32.2. The Morgan fingerprint density at radius 3 is 2.54 bits per heavy atom. The van der Waals surface area contributed by atoms with Crippen molar-refractivity contribution in [2.75, 3.05) is 16.3 Å². The van der Waals surface area contributed by atoms with E-state index >= 15 is 0 Å². The third-order valence-electron chi connectivity index (χ3n) is 5.99. The van der Waals surface area contributed by atoms with Crippen molar-refractivity contribution in [1.82, 2.24) is 20.3 Å². The molecule has 210 valence electrons. The van der Waals surface area contributed by atoms with Crippen LogP contribution in [-0.4, -0.2) is 35.5 Å². The summed E-state index contributed by atoms with van der Waals surface area (Å²) in [4.78, 5) is 29.4. The highest BCUT2D eigenvalue weighted by Crippen LogP contribution is 2.37.